The van der Waals surface area contributed by atoms with E-state index in [1.54, 1.807) is 25.4 Å². The van der Waals surface area contributed by atoms with Crippen molar-refractivity contribution in [2.24, 2.45) is 0 Å². The molecule has 1 amide bonds. The van der Waals surface area contributed by atoms with Crippen molar-refractivity contribution in [3.63, 3.8) is 0 Å². The topological polar surface area (TPSA) is 60.5 Å². The van der Waals surface area contributed by atoms with Crippen molar-refractivity contribution in [1.29, 1.82) is 0 Å². The third kappa shape index (κ3) is 4.83. The van der Waals surface area contributed by atoms with Gasteiger partial charge in [-0.15, -0.1) is 0 Å². The number of rotatable bonds is 6. The molecule has 6 heteroatoms. The summed E-state index contributed by atoms with van der Waals surface area (Å²) in [5.41, 5.74) is 1.84. The van der Waals surface area contributed by atoms with Gasteiger partial charge in [0.15, 0.2) is 11.5 Å². The molecule has 0 aliphatic carbocycles. The van der Waals surface area contributed by atoms with Crippen LogP contribution in [0, 0.1) is 6.92 Å². The molecule has 0 spiro atoms. The maximum absolute atomic E-state index is 12.0. The Bertz CT molecular complexity index is 760. The standard InChI is InChI=1S/C18H19BrN2O3/c1-4-24-15-7-5-13(10-16(15)23-3)6-8-18(22)21-17-9-12(2)14(19)11-20-17/h5-11H,4H2,1-3H3,(H,20,21,22)/b8-6+. The number of halogens is 1. The highest BCUT2D eigenvalue weighted by Crippen LogP contribution is 2.28. The van der Waals surface area contributed by atoms with Gasteiger partial charge in [-0.1, -0.05) is 6.07 Å². The second-order valence-electron chi connectivity index (χ2n) is 4.98. The molecule has 0 aliphatic rings. The Hall–Kier alpha value is -2.34. The summed E-state index contributed by atoms with van der Waals surface area (Å²) in [4.78, 5) is 16.1. The minimum absolute atomic E-state index is 0.253. The Morgan fingerprint density at radius 3 is 2.79 bits per heavy atom. The second kappa shape index (κ2) is 8.49. The molecule has 2 aromatic rings. The molecular formula is C18H19BrN2O3. The van der Waals surface area contributed by atoms with E-state index in [1.165, 1.54) is 6.08 Å². The number of nitrogens with zero attached hydrogens (tertiary/aromatic N) is 1. The lowest BCUT2D eigenvalue weighted by Gasteiger charge is -2.09. The molecule has 24 heavy (non-hydrogen) atoms. The number of ether oxygens (including phenoxy) is 2. The van der Waals surface area contributed by atoms with Crippen molar-refractivity contribution in [2.75, 3.05) is 19.0 Å². The normalized spacial score (nSPS) is 10.7. The second-order valence-corrected chi connectivity index (χ2v) is 5.84. The Labute approximate surface area is 149 Å². The van der Waals surface area contributed by atoms with E-state index in [4.69, 9.17) is 9.47 Å². The number of methoxy groups -OCH3 is 1. The van der Waals surface area contributed by atoms with E-state index in [0.717, 1.165) is 15.6 Å². The number of pyridine rings is 1. The van der Waals surface area contributed by atoms with Crippen LogP contribution in [-0.4, -0.2) is 24.6 Å². The smallest absolute Gasteiger partial charge is 0.249 e. The summed E-state index contributed by atoms with van der Waals surface area (Å²) in [6.45, 7) is 4.41. The van der Waals surface area contributed by atoms with Gasteiger partial charge in [0.1, 0.15) is 5.82 Å². The van der Waals surface area contributed by atoms with Crippen LogP contribution in [0.5, 0.6) is 11.5 Å². The summed E-state index contributed by atoms with van der Waals surface area (Å²) in [5, 5.41) is 2.73. The molecule has 1 aromatic heterocycles. The van der Waals surface area contributed by atoms with Gasteiger partial charge in [0.2, 0.25) is 5.91 Å². The van der Waals surface area contributed by atoms with E-state index in [1.807, 2.05) is 32.0 Å². The summed E-state index contributed by atoms with van der Waals surface area (Å²) in [6.07, 6.45) is 4.82. The zero-order valence-electron chi connectivity index (χ0n) is 13.8. The molecule has 1 heterocycles. The van der Waals surface area contributed by atoms with Crippen molar-refractivity contribution >= 4 is 33.7 Å². The van der Waals surface area contributed by atoms with E-state index in [2.05, 4.69) is 26.2 Å². The number of hydrogen-bond donors (Lipinski definition) is 1. The minimum atomic E-state index is -0.253. The lowest BCUT2D eigenvalue weighted by Crippen LogP contribution is -2.09. The van der Waals surface area contributed by atoms with E-state index in [9.17, 15) is 4.79 Å². The highest BCUT2D eigenvalue weighted by molar-refractivity contribution is 9.10. The molecule has 0 atom stereocenters. The number of carbonyl (C=O) groups excluding carboxylic acids is 1. The number of nitrogens with one attached hydrogen (secondary N) is 1. The first-order chi connectivity index (χ1) is 11.5. The van der Waals surface area contributed by atoms with Crippen molar-refractivity contribution in [2.45, 2.75) is 13.8 Å². The number of benzene rings is 1. The predicted octanol–water partition coefficient (Wildman–Crippen LogP) is 4.21. The van der Waals surface area contributed by atoms with E-state index in [-0.39, 0.29) is 5.91 Å². The van der Waals surface area contributed by atoms with Crippen LogP contribution >= 0.6 is 15.9 Å². The molecule has 1 N–H and O–H groups in total. The van der Waals surface area contributed by atoms with Gasteiger partial charge in [0.05, 0.1) is 13.7 Å². The monoisotopic (exact) mass is 390 g/mol. The highest BCUT2D eigenvalue weighted by atomic mass is 79.9. The number of aromatic nitrogens is 1. The zero-order valence-corrected chi connectivity index (χ0v) is 15.4. The fraction of sp³-hybridized carbons (Fsp3) is 0.222. The lowest BCUT2D eigenvalue weighted by molar-refractivity contribution is -0.111. The Balaban J connectivity index is 2.06. The van der Waals surface area contributed by atoms with Gasteiger partial charge in [-0.3, -0.25) is 4.79 Å². The van der Waals surface area contributed by atoms with Gasteiger partial charge < -0.3 is 14.8 Å². The summed E-state index contributed by atoms with van der Waals surface area (Å²) in [5.74, 6) is 1.56. The highest BCUT2D eigenvalue weighted by Gasteiger charge is 2.05. The molecule has 0 saturated heterocycles. The lowest BCUT2D eigenvalue weighted by atomic mass is 10.2. The number of amides is 1. The van der Waals surface area contributed by atoms with Gasteiger partial charge in [0.25, 0.3) is 0 Å². The minimum Gasteiger partial charge on any atom is -0.493 e. The van der Waals surface area contributed by atoms with E-state index < -0.39 is 0 Å². The number of hydrogen-bond acceptors (Lipinski definition) is 4. The summed E-state index contributed by atoms with van der Waals surface area (Å²) in [6, 6.07) is 7.30. The van der Waals surface area contributed by atoms with Gasteiger partial charge in [-0.2, -0.15) is 0 Å². The maximum atomic E-state index is 12.0. The molecular weight excluding hydrogens is 372 g/mol. The van der Waals surface area contributed by atoms with Gasteiger partial charge >= 0.3 is 0 Å². The third-order valence-electron chi connectivity index (χ3n) is 3.21. The van der Waals surface area contributed by atoms with Crippen molar-refractivity contribution in [3.05, 3.63) is 52.1 Å². The zero-order chi connectivity index (χ0) is 17.5. The predicted molar refractivity (Wildman–Crippen MR) is 98.5 cm³/mol. The van der Waals surface area contributed by atoms with Gasteiger partial charge in [0, 0.05) is 16.7 Å². The van der Waals surface area contributed by atoms with Gasteiger partial charge in [-0.05, 0) is 65.2 Å². The average Bonchev–Trinajstić information content (AvgIpc) is 2.57. The van der Waals surface area contributed by atoms with Gasteiger partial charge in [-0.25, -0.2) is 4.98 Å². The Morgan fingerprint density at radius 2 is 2.12 bits per heavy atom. The SMILES string of the molecule is CCOc1ccc(/C=C/C(=O)Nc2cc(C)c(Br)cn2)cc1OC. The molecule has 5 nitrogen and oxygen atoms in total. The molecule has 2 rings (SSSR count). The number of aryl methyl sites for hydroxylation is 1. The summed E-state index contributed by atoms with van der Waals surface area (Å²) < 4.78 is 11.7. The van der Waals surface area contributed by atoms with Crippen molar-refractivity contribution < 1.29 is 14.3 Å². The summed E-state index contributed by atoms with van der Waals surface area (Å²) >= 11 is 3.38. The first-order valence-corrected chi connectivity index (χ1v) is 8.24. The first-order valence-electron chi connectivity index (χ1n) is 7.45. The Kier molecular flexibility index (Phi) is 6.37. The fourth-order valence-corrected chi connectivity index (χ4v) is 2.23. The quantitative estimate of drug-likeness (QED) is 0.750. The third-order valence-corrected chi connectivity index (χ3v) is 4.04. The fourth-order valence-electron chi connectivity index (χ4n) is 2.01. The summed E-state index contributed by atoms with van der Waals surface area (Å²) in [7, 11) is 1.58. The maximum Gasteiger partial charge on any atom is 0.249 e. The van der Waals surface area contributed by atoms with Crippen LogP contribution in [0.3, 0.4) is 0 Å². The van der Waals surface area contributed by atoms with Crippen LogP contribution in [-0.2, 0) is 4.79 Å². The molecule has 0 saturated carbocycles. The van der Waals surface area contributed by atoms with Crippen LogP contribution in [0.1, 0.15) is 18.1 Å². The van der Waals surface area contributed by atoms with Crippen LogP contribution in [0.4, 0.5) is 5.82 Å². The number of carbonyl (C=O) groups is 1. The average molecular weight is 391 g/mol. The molecule has 0 fully saturated rings. The molecule has 0 radical (unpaired) electrons. The van der Waals surface area contributed by atoms with Crippen LogP contribution < -0.4 is 14.8 Å². The number of anilines is 1. The van der Waals surface area contributed by atoms with Crippen molar-refractivity contribution in [3.8, 4) is 11.5 Å². The van der Waals surface area contributed by atoms with E-state index >= 15 is 0 Å². The molecule has 0 aliphatic heterocycles. The molecule has 0 unspecified atom stereocenters. The first kappa shape index (κ1) is 18.0. The molecule has 0 bridgehead atoms. The van der Waals surface area contributed by atoms with E-state index in [0.29, 0.717) is 23.9 Å². The molecule has 1 aromatic carbocycles. The molecule has 126 valence electrons. The van der Waals surface area contributed by atoms with Crippen LogP contribution in [0.2, 0.25) is 0 Å². The van der Waals surface area contributed by atoms with Crippen LogP contribution in [0.25, 0.3) is 6.08 Å². The van der Waals surface area contributed by atoms with Crippen molar-refractivity contribution in [1.82, 2.24) is 4.98 Å². The largest absolute Gasteiger partial charge is 0.493 e. The van der Waals surface area contributed by atoms with Crippen LogP contribution in [0.15, 0.2) is 41.0 Å². The Morgan fingerprint density at radius 1 is 1.33 bits per heavy atom.